The highest BCUT2D eigenvalue weighted by atomic mass is 16.5. The van der Waals surface area contributed by atoms with E-state index in [1.54, 1.807) is 19.1 Å². The highest BCUT2D eigenvalue weighted by Gasteiger charge is 2.10. The number of hydrogen-bond acceptors (Lipinski definition) is 5. The van der Waals surface area contributed by atoms with E-state index in [1.165, 1.54) is 26.4 Å². The zero-order valence-corrected chi connectivity index (χ0v) is 11.1. The van der Waals surface area contributed by atoms with Crippen molar-refractivity contribution < 1.29 is 23.8 Å². The highest BCUT2D eigenvalue weighted by molar-refractivity contribution is 5.89. The summed E-state index contributed by atoms with van der Waals surface area (Å²) in [4.78, 5) is 22.1. The molecule has 0 radical (unpaired) electrons. The minimum Gasteiger partial charge on any atom is -0.493 e. The van der Waals surface area contributed by atoms with E-state index in [9.17, 15) is 9.59 Å². The van der Waals surface area contributed by atoms with Crippen LogP contribution in [0, 0.1) is 0 Å². The van der Waals surface area contributed by atoms with Crippen LogP contribution in [0.15, 0.2) is 18.2 Å². The standard InChI is InChI=1S/C14H16O5/c1-4-19-13(16)6-5-11-7-10(9-15)8-12(17-2)14(11)18-3/h5-9H,4H2,1-3H3. The molecule has 0 aliphatic carbocycles. The Kier molecular flexibility index (Phi) is 5.60. The van der Waals surface area contributed by atoms with E-state index in [2.05, 4.69) is 0 Å². The summed E-state index contributed by atoms with van der Waals surface area (Å²) in [7, 11) is 2.96. The molecule has 0 heterocycles. The summed E-state index contributed by atoms with van der Waals surface area (Å²) in [5.74, 6) is 0.421. The number of esters is 1. The zero-order valence-electron chi connectivity index (χ0n) is 11.1. The van der Waals surface area contributed by atoms with Crippen LogP contribution in [-0.4, -0.2) is 33.1 Å². The van der Waals surface area contributed by atoms with Crippen LogP contribution in [0.25, 0.3) is 6.08 Å². The fourth-order valence-electron chi connectivity index (χ4n) is 1.56. The molecule has 1 rings (SSSR count). The van der Waals surface area contributed by atoms with Crippen molar-refractivity contribution >= 4 is 18.3 Å². The molecule has 0 saturated heterocycles. The summed E-state index contributed by atoms with van der Waals surface area (Å²) >= 11 is 0. The van der Waals surface area contributed by atoms with E-state index in [0.717, 1.165) is 0 Å². The molecule has 19 heavy (non-hydrogen) atoms. The maximum absolute atomic E-state index is 11.3. The van der Waals surface area contributed by atoms with Gasteiger partial charge < -0.3 is 14.2 Å². The molecule has 0 N–H and O–H groups in total. The Hall–Kier alpha value is -2.30. The summed E-state index contributed by atoms with van der Waals surface area (Å²) in [5, 5.41) is 0. The fraction of sp³-hybridized carbons (Fsp3) is 0.286. The molecule has 1 aromatic rings. The molecule has 0 amide bonds. The molecule has 0 saturated carbocycles. The first-order valence-electron chi connectivity index (χ1n) is 5.72. The largest absolute Gasteiger partial charge is 0.493 e. The normalized spacial score (nSPS) is 10.3. The molecule has 5 nitrogen and oxygen atoms in total. The first-order chi connectivity index (χ1) is 9.15. The van der Waals surface area contributed by atoms with Crippen LogP contribution < -0.4 is 9.47 Å². The van der Waals surface area contributed by atoms with Crippen molar-refractivity contribution in [2.24, 2.45) is 0 Å². The molecule has 5 heteroatoms. The SMILES string of the molecule is CCOC(=O)C=Cc1cc(C=O)cc(OC)c1OC. The number of hydrogen-bond donors (Lipinski definition) is 0. The smallest absolute Gasteiger partial charge is 0.330 e. The Morgan fingerprint density at radius 3 is 2.53 bits per heavy atom. The van der Waals surface area contributed by atoms with Crippen molar-refractivity contribution in [3.05, 3.63) is 29.3 Å². The lowest BCUT2D eigenvalue weighted by atomic mass is 10.1. The van der Waals surface area contributed by atoms with E-state index in [4.69, 9.17) is 14.2 Å². The van der Waals surface area contributed by atoms with E-state index in [1.807, 2.05) is 0 Å². The Bertz CT molecular complexity index is 491. The zero-order chi connectivity index (χ0) is 14.3. The lowest BCUT2D eigenvalue weighted by Crippen LogP contribution is -1.99. The molecule has 1 aromatic carbocycles. The predicted octanol–water partition coefficient (Wildman–Crippen LogP) is 2.09. The molecular weight excluding hydrogens is 248 g/mol. The summed E-state index contributed by atoms with van der Waals surface area (Å²) in [6, 6.07) is 3.16. The molecule has 0 unspecified atom stereocenters. The second-order valence-electron chi connectivity index (χ2n) is 3.55. The number of methoxy groups -OCH3 is 2. The van der Waals surface area contributed by atoms with Gasteiger partial charge in [-0.3, -0.25) is 4.79 Å². The van der Waals surface area contributed by atoms with Crippen LogP contribution >= 0.6 is 0 Å². The number of aldehydes is 1. The van der Waals surface area contributed by atoms with Crippen LogP contribution in [0.1, 0.15) is 22.8 Å². The van der Waals surface area contributed by atoms with E-state index < -0.39 is 5.97 Å². The third-order valence-corrected chi connectivity index (χ3v) is 2.35. The van der Waals surface area contributed by atoms with E-state index >= 15 is 0 Å². The van der Waals surface area contributed by atoms with Gasteiger partial charge in [0.1, 0.15) is 6.29 Å². The minimum absolute atomic E-state index is 0.304. The Labute approximate surface area is 111 Å². The monoisotopic (exact) mass is 264 g/mol. The Morgan fingerprint density at radius 1 is 1.26 bits per heavy atom. The van der Waals surface area contributed by atoms with Crippen LogP contribution in [0.4, 0.5) is 0 Å². The third kappa shape index (κ3) is 3.84. The lowest BCUT2D eigenvalue weighted by Gasteiger charge is -2.11. The third-order valence-electron chi connectivity index (χ3n) is 2.35. The predicted molar refractivity (Wildman–Crippen MR) is 70.6 cm³/mol. The summed E-state index contributed by atoms with van der Waals surface area (Å²) in [6.07, 6.45) is 3.49. The van der Waals surface area contributed by atoms with Crippen molar-refractivity contribution in [2.75, 3.05) is 20.8 Å². The van der Waals surface area contributed by atoms with Gasteiger partial charge in [-0.05, 0) is 25.1 Å². The second kappa shape index (κ2) is 7.20. The van der Waals surface area contributed by atoms with Gasteiger partial charge in [-0.15, -0.1) is 0 Å². The lowest BCUT2D eigenvalue weighted by molar-refractivity contribution is -0.137. The van der Waals surface area contributed by atoms with Crippen LogP contribution in [0.3, 0.4) is 0 Å². The number of benzene rings is 1. The summed E-state index contributed by atoms with van der Waals surface area (Å²) in [6.45, 7) is 2.03. The molecule has 0 aliphatic heterocycles. The van der Waals surface area contributed by atoms with Crippen molar-refractivity contribution in [2.45, 2.75) is 6.92 Å². The van der Waals surface area contributed by atoms with Gasteiger partial charge in [-0.2, -0.15) is 0 Å². The van der Waals surface area contributed by atoms with E-state index in [0.29, 0.717) is 35.5 Å². The summed E-state index contributed by atoms with van der Waals surface area (Å²) in [5.41, 5.74) is 0.998. The second-order valence-corrected chi connectivity index (χ2v) is 3.55. The molecule has 102 valence electrons. The first-order valence-corrected chi connectivity index (χ1v) is 5.72. The Balaban J connectivity index is 3.16. The average Bonchev–Trinajstić information content (AvgIpc) is 2.44. The topological polar surface area (TPSA) is 61.8 Å². The molecule has 0 aliphatic rings. The van der Waals surface area contributed by atoms with Crippen LogP contribution in [-0.2, 0) is 9.53 Å². The van der Waals surface area contributed by atoms with Gasteiger partial charge in [-0.25, -0.2) is 4.79 Å². The van der Waals surface area contributed by atoms with Gasteiger partial charge in [0.2, 0.25) is 0 Å². The Morgan fingerprint density at radius 2 is 2.00 bits per heavy atom. The maximum atomic E-state index is 11.3. The average molecular weight is 264 g/mol. The molecule has 0 spiro atoms. The quantitative estimate of drug-likeness (QED) is 0.447. The number of rotatable bonds is 6. The number of carbonyl (C=O) groups excluding carboxylic acids is 2. The van der Waals surface area contributed by atoms with Crippen molar-refractivity contribution in [1.82, 2.24) is 0 Å². The van der Waals surface area contributed by atoms with Crippen LogP contribution in [0.5, 0.6) is 11.5 Å². The molecule has 0 fully saturated rings. The fourth-order valence-corrected chi connectivity index (χ4v) is 1.56. The van der Waals surface area contributed by atoms with Gasteiger partial charge in [0, 0.05) is 17.2 Å². The van der Waals surface area contributed by atoms with Gasteiger partial charge in [-0.1, -0.05) is 0 Å². The van der Waals surface area contributed by atoms with Gasteiger partial charge in [0.05, 0.1) is 20.8 Å². The number of ether oxygens (including phenoxy) is 3. The highest BCUT2D eigenvalue weighted by Crippen LogP contribution is 2.33. The van der Waals surface area contributed by atoms with Crippen LogP contribution in [0.2, 0.25) is 0 Å². The molecule has 0 aromatic heterocycles. The van der Waals surface area contributed by atoms with Crippen molar-refractivity contribution in [3.8, 4) is 11.5 Å². The molecular formula is C14H16O5. The van der Waals surface area contributed by atoms with E-state index in [-0.39, 0.29) is 0 Å². The molecule has 0 bridgehead atoms. The number of carbonyl (C=O) groups is 2. The maximum Gasteiger partial charge on any atom is 0.330 e. The van der Waals surface area contributed by atoms with Crippen molar-refractivity contribution in [3.63, 3.8) is 0 Å². The first kappa shape index (κ1) is 14.8. The minimum atomic E-state index is -0.458. The van der Waals surface area contributed by atoms with Gasteiger partial charge >= 0.3 is 5.97 Å². The van der Waals surface area contributed by atoms with Crippen molar-refractivity contribution in [1.29, 1.82) is 0 Å². The van der Waals surface area contributed by atoms with Gasteiger partial charge in [0.25, 0.3) is 0 Å². The molecule has 0 atom stereocenters. The van der Waals surface area contributed by atoms with Gasteiger partial charge in [0.15, 0.2) is 11.5 Å². The summed E-state index contributed by atoms with van der Waals surface area (Å²) < 4.78 is 15.1.